The highest BCUT2D eigenvalue weighted by Gasteiger charge is 2.28. The van der Waals surface area contributed by atoms with Crippen LogP contribution in [0.5, 0.6) is 0 Å². The first-order chi connectivity index (χ1) is 14.6. The molecule has 1 saturated heterocycles. The van der Waals surface area contributed by atoms with Gasteiger partial charge in [-0.3, -0.25) is 4.79 Å². The van der Waals surface area contributed by atoms with Gasteiger partial charge in [0.1, 0.15) is 11.5 Å². The van der Waals surface area contributed by atoms with Gasteiger partial charge in [-0.05, 0) is 44.0 Å². The number of rotatable bonds is 3. The van der Waals surface area contributed by atoms with Crippen LogP contribution >= 0.6 is 0 Å². The van der Waals surface area contributed by atoms with Crippen molar-refractivity contribution in [1.82, 2.24) is 34.4 Å². The van der Waals surface area contributed by atoms with Crippen LogP contribution in [-0.2, 0) is 7.05 Å². The number of likely N-dealkylation sites (tertiary alicyclic amines) is 1. The van der Waals surface area contributed by atoms with Crippen molar-refractivity contribution >= 4 is 16.9 Å². The summed E-state index contributed by atoms with van der Waals surface area (Å²) in [5, 5.41) is 0. The summed E-state index contributed by atoms with van der Waals surface area (Å²) in [5.74, 6) is 1.75. The normalized spacial score (nSPS) is 16.9. The Morgan fingerprint density at radius 1 is 1.20 bits per heavy atom. The van der Waals surface area contributed by atoms with Crippen LogP contribution in [0, 0.1) is 6.92 Å². The van der Waals surface area contributed by atoms with Crippen LogP contribution in [0.25, 0.3) is 22.6 Å². The zero-order valence-electron chi connectivity index (χ0n) is 17.0. The minimum atomic E-state index is 0.0353. The van der Waals surface area contributed by atoms with Gasteiger partial charge in [-0.15, -0.1) is 0 Å². The molecule has 30 heavy (non-hydrogen) atoms. The molecule has 0 radical (unpaired) electrons. The Kier molecular flexibility index (Phi) is 4.54. The van der Waals surface area contributed by atoms with Crippen molar-refractivity contribution in [3.05, 3.63) is 60.1 Å². The van der Waals surface area contributed by atoms with Gasteiger partial charge in [0, 0.05) is 49.7 Å². The zero-order valence-corrected chi connectivity index (χ0v) is 17.0. The van der Waals surface area contributed by atoms with Crippen LogP contribution in [0.2, 0.25) is 0 Å². The Labute approximate surface area is 174 Å². The molecular weight excluding hydrogens is 378 g/mol. The van der Waals surface area contributed by atoms with Crippen molar-refractivity contribution in [3.63, 3.8) is 0 Å². The molecular formula is C22H23N7O. The van der Waals surface area contributed by atoms with Crippen LogP contribution in [0.4, 0.5) is 0 Å². The average Bonchev–Trinajstić information content (AvgIpc) is 3.41. The number of nitrogens with one attached hydrogen (secondary N) is 1. The second-order valence-corrected chi connectivity index (χ2v) is 7.84. The van der Waals surface area contributed by atoms with Crippen molar-refractivity contribution in [1.29, 1.82) is 0 Å². The number of hydrogen-bond donors (Lipinski definition) is 1. The maximum atomic E-state index is 13.1. The fourth-order valence-electron chi connectivity index (χ4n) is 4.12. The number of amides is 1. The van der Waals surface area contributed by atoms with Crippen LogP contribution < -0.4 is 0 Å². The van der Waals surface area contributed by atoms with E-state index in [1.54, 1.807) is 12.5 Å². The van der Waals surface area contributed by atoms with E-state index in [0.29, 0.717) is 12.1 Å². The third kappa shape index (κ3) is 3.34. The number of aromatic nitrogens is 6. The Morgan fingerprint density at radius 2 is 2.10 bits per heavy atom. The molecule has 0 spiro atoms. The van der Waals surface area contributed by atoms with E-state index < -0.39 is 0 Å². The van der Waals surface area contributed by atoms with Gasteiger partial charge in [-0.1, -0.05) is 0 Å². The number of hydrogen-bond acceptors (Lipinski definition) is 5. The molecule has 1 fully saturated rings. The lowest BCUT2D eigenvalue weighted by molar-refractivity contribution is 0.0704. The topological polar surface area (TPSA) is 92.6 Å². The molecule has 4 heterocycles. The highest BCUT2D eigenvalue weighted by Crippen LogP contribution is 2.28. The second kappa shape index (κ2) is 7.37. The summed E-state index contributed by atoms with van der Waals surface area (Å²) in [6, 6.07) is 7.55. The van der Waals surface area contributed by atoms with Crippen LogP contribution in [0.1, 0.15) is 40.6 Å². The molecule has 1 N–H and O–H groups in total. The molecule has 0 unspecified atom stereocenters. The first-order valence-corrected chi connectivity index (χ1v) is 10.1. The minimum absolute atomic E-state index is 0.0353. The Balaban J connectivity index is 1.40. The monoisotopic (exact) mass is 401 g/mol. The molecule has 8 heteroatoms. The molecule has 5 rings (SSSR count). The number of benzene rings is 1. The molecule has 152 valence electrons. The fraction of sp³-hybridized carbons (Fsp3) is 0.318. The van der Waals surface area contributed by atoms with Crippen molar-refractivity contribution in [3.8, 4) is 11.5 Å². The molecule has 1 amide bonds. The smallest absolute Gasteiger partial charge is 0.253 e. The van der Waals surface area contributed by atoms with E-state index in [2.05, 4.69) is 15.0 Å². The van der Waals surface area contributed by atoms with E-state index >= 15 is 0 Å². The summed E-state index contributed by atoms with van der Waals surface area (Å²) >= 11 is 0. The molecule has 3 aromatic heterocycles. The molecule has 1 aromatic carbocycles. The van der Waals surface area contributed by atoms with Crippen molar-refractivity contribution in [2.45, 2.75) is 25.7 Å². The summed E-state index contributed by atoms with van der Waals surface area (Å²) in [6.07, 6.45) is 7.21. The van der Waals surface area contributed by atoms with Crippen LogP contribution in [0.3, 0.4) is 0 Å². The number of nitrogens with zero attached hydrogens (tertiary/aromatic N) is 6. The number of fused-ring (bicyclic) bond motifs is 1. The summed E-state index contributed by atoms with van der Waals surface area (Å²) in [5.41, 5.74) is 4.13. The van der Waals surface area contributed by atoms with E-state index in [4.69, 9.17) is 9.97 Å². The maximum absolute atomic E-state index is 13.1. The van der Waals surface area contributed by atoms with E-state index in [1.807, 2.05) is 53.9 Å². The maximum Gasteiger partial charge on any atom is 0.253 e. The van der Waals surface area contributed by atoms with Crippen molar-refractivity contribution < 1.29 is 4.79 Å². The van der Waals surface area contributed by atoms with Gasteiger partial charge in [0.2, 0.25) is 0 Å². The van der Waals surface area contributed by atoms with Gasteiger partial charge in [0.05, 0.1) is 17.4 Å². The lowest BCUT2D eigenvalue weighted by Crippen LogP contribution is -2.39. The molecule has 0 bridgehead atoms. The van der Waals surface area contributed by atoms with Gasteiger partial charge in [-0.2, -0.15) is 0 Å². The molecule has 0 aliphatic carbocycles. The third-order valence-electron chi connectivity index (χ3n) is 5.66. The van der Waals surface area contributed by atoms with E-state index in [0.717, 1.165) is 53.5 Å². The van der Waals surface area contributed by atoms with Gasteiger partial charge < -0.3 is 14.5 Å². The number of piperidine rings is 1. The second-order valence-electron chi connectivity index (χ2n) is 7.84. The van der Waals surface area contributed by atoms with Crippen molar-refractivity contribution in [2.24, 2.45) is 7.05 Å². The molecule has 1 atom stereocenters. The first-order valence-electron chi connectivity index (χ1n) is 10.1. The predicted molar refractivity (Wildman–Crippen MR) is 113 cm³/mol. The lowest BCUT2D eigenvalue weighted by atomic mass is 9.96. The summed E-state index contributed by atoms with van der Waals surface area (Å²) in [6.45, 7) is 3.33. The molecule has 1 aliphatic rings. The minimum Gasteiger partial charge on any atom is -0.345 e. The summed E-state index contributed by atoms with van der Waals surface area (Å²) in [7, 11) is 1.96. The number of imidazole rings is 2. The SMILES string of the molecule is Cc1cc(-c2nccn2C)nc([C@H]2CCCN(C(=O)c3ccc4nc[nH]c4c3)C2)n1. The molecule has 0 saturated carbocycles. The predicted octanol–water partition coefficient (Wildman–Crippen LogP) is 3.08. The van der Waals surface area contributed by atoms with Gasteiger partial charge >= 0.3 is 0 Å². The van der Waals surface area contributed by atoms with Crippen LogP contribution in [0.15, 0.2) is 43.0 Å². The highest BCUT2D eigenvalue weighted by atomic mass is 16.2. The summed E-state index contributed by atoms with van der Waals surface area (Å²) in [4.78, 5) is 36.3. The third-order valence-corrected chi connectivity index (χ3v) is 5.66. The fourth-order valence-corrected chi connectivity index (χ4v) is 4.12. The largest absolute Gasteiger partial charge is 0.345 e. The Hall–Kier alpha value is -3.55. The van der Waals surface area contributed by atoms with Crippen molar-refractivity contribution in [2.75, 3.05) is 13.1 Å². The molecule has 1 aliphatic heterocycles. The lowest BCUT2D eigenvalue weighted by Gasteiger charge is -2.32. The summed E-state index contributed by atoms with van der Waals surface area (Å²) < 4.78 is 1.95. The number of H-pyrrole nitrogens is 1. The Bertz CT molecular complexity index is 1230. The van der Waals surface area contributed by atoms with E-state index in [-0.39, 0.29) is 11.8 Å². The number of aromatic amines is 1. The molecule has 8 nitrogen and oxygen atoms in total. The highest BCUT2D eigenvalue weighted by molar-refractivity contribution is 5.97. The van der Waals surface area contributed by atoms with Gasteiger partial charge in [-0.25, -0.2) is 19.9 Å². The first kappa shape index (κ1) is 18.5. The zero-order chi connectivity index (χ0) is 20.7. The molecule has 4 aromatic rings. The number of aryl methyl sites for hydroxylation is 2. The quantitative estimate of drug-likeness (QED) is 0.569. The average molecular weight is 401 g/mol. The number of carbonyl (C=O) groups is 1. The van der Waals surface area contributed by atoms with E-state index in [9.17, 15) is 4.79 Å². The van der Waals surface area contributed by atoms with Gasteiger partial charge in [0.15, 0.2) is 5.82 Å². The standard InChI is InChI=1S/C22H23N7O/c1-14-10-19(21-23-7-9-28(21)2)27-20(26-14)16-4-3-8-29(12-16)22(30)15-5-6-17-18(11-15)25-13-24-17/h5-7,9-11,13,16H,3-4,8,12H2,1-2H3,(H,24,25)/t16-/m0/s1. The number of carbonyl (C=O) groups excluding carboxylic acids is 1. The van der Waals surface area contributed by atoms with Crippen LogP contribution in [-0.4, -0.2) is 53.4 Å². The Morgan fingerprint density at radius 3 is 2.93 bits per heavy atom. The van der Waals surface area contributed by atoms with E-state index in [1.165, 1.54) is 0 Å². The van der Waals surface area contributed by atoms with Gasteiger partial charge in [0.25, 0.3) is 5.91 Å².